The molecule has 30 heavy (non-hydrogen) atoms. The molecule has 0 aromatic rings. The van der Waals surface area contributed by atoms with Gasteiger partial charge in [0.05, 0.1) is 0 Å². The third-order valence-corrected chi connectivity index (χ3v) is 3.20. The maximum absolute atomic E-state index is 12.4. The maximum Gasteiger partial charge on any atom is 0.408 e. The van der Waals surface area contributed by atoms with Crippen LogP contribution in [0.4, 0.5) is 9.59 Å². The molecule has 3 N–H and O–H groups in total. The molecule has 1 atom stereocenters. The SMILES string of the molecule is CC(C)(C)OC(=O)NCCNCCC[C@H](NC(=O)OC(C)(C)C)C(=O)OC(C)(C)C. The molecule has 0 fully saturated rings. The standard InChI is InChI=1S/C21H41N3O6/c1-19(2,3)28-16(25)15(24-18(27)30-21(7,8)9)11-10-12-22-13-14-23-17(26)29-20(4,5)6/h15,22H,10-14H2,1-9H3,(H,23,26)(H,24,27)/t15-/m0/s1. The first-order valence-corrected chi connectivity index (χ1v) is 10.4. The molecule has 0 aliphatic heterocycles. The Bertz CT molecular complexity index is 559. The predicted molar refractivity (Wildman–Crippen MR) is 115 cm³/mol. The van der Waals surface area contributed by atoms with Gasteiger partial charge >= 0.3 is 18.2 Å². The Hall–Kier alpha value is -2.03. The molecule has 9 nitrogen and oxygen atoms in total. The van der Waals surface area contributed by atoms with Crippen LogP contribution in [-0.4, -0.2) is 60.6 Å². The lowest BCUT2D eigenvalue weighted by molar-refractivity contribution is -0.157. The fourth-order valence-corrected chi connectivity index (χ4v) is 2.19. The summed E-state index contributed by atoms with van der Waals surface area (Å²) >= 11 is 0. The molecule has 0 aromatic heterocycles. The van der Waals surface area contributed by atoms with Gasteiger partial charge in [0.25, 0.3) is 0 Å². The molecule has 0 unspecified atom stereocenters. The summed E-state index contributed by atoms with van der Waals surface area (Å²) in [4.78, 5) is 36.1. The van der Waals surface area contributed by atoms with Crippen LogP contribution < -0.4 is 16.0 Å². The van der Waals surface area contributed by atoms with Crippen molar-refractivity contribution in [3.63, 3.8) is 0 Å². The molecular formula is C21H41N3O6. The van der Waals surface area contributed by atoms with Crippen molar-refractivity contribution in [1.82, 2.24) is 16.0 Å². The van der Waals surface area contributed by atoms with Crippen molar-refractivity contribution in [2.45, 2.75) is 98.0 Å². The van der Waals surface area contributed by atoms with Gasteiger partial charge in [-0.1, -0.05) is 0 Å². The number of esters is 1. The van der Waals surface area contributed by atoms with Crippen molar-refractivity contribution in [1.29, 1.82) is 0 Å². The average Bonchev–Trinajstić information content (AvgIpc) is 2.47. The van der Waals surface area contributed by atoms with Gasteiger partial charge in [-0.25, -0.2) is 14.4 Å². The van der Waals surface area contributed by atoms with Crippen LogP contribution in [0, 0.1) is 0 Å². The third-order valence-electron chi connectivity index (χ3n) is 3.20. The number of rotatable bonds is 9. The summed E-state index contributed by atoms with van der Waals surface area (Å²) in [5.74, 6) is -0.500. The number of hydrogen-bond acceptors (Lipinski definition) is 7. The molecule has 0 spiro atoms. The van der Waals surface area contributed by atoms with Crippen molar-refractivity contribution >= 4 is 18.2 Å². The Morgan fingerprint density at radius 3 is 1.70 bits per heavy atom. The highest BCUT2D eigenvalue weighted by Crippen LogP contribution is 2.12. The Morgan fingerprint density at radius 1 is 0.700 bits per heavy atom. The van der Waals surface area contributed by atoms with Gasteiger partial charge in [0.15, 0.2) is 0 Å². The van der Waals surface area contributed by atoms with Crippen LogP contribution in [0.2, 0.25) is 0 Å². The monoisotopic (exact) mass is 431 g/mol. The van der Waals surface area contributed by atoms with Gasteiger partial charge in [0.1, 0.15) is 22.8 Å². The van der Waals surface area contributed by atoms with E-state index in [-0.39, 0.29) is 0 Å². The molecule has 0 aromatic carbocycles. The number of ether oxygens (including phenoxy) is 3. The highest BCUT2D eigenvalue weighted by molar-refractivity contribution is 5.81. The topological polar surface area (TPSA) is 115 Å². The van der Waals surface area contributed by atoms with E-state index in [4.69, 9.17) is 14.2 Å². The van der Waals surface area contributed by atoms with E-state index in [9.17, 15) is 14.4 Å². The van der Waals surface area contributed by atoms with E-state index in [1.165, 1.54) is 0 Å². The van der Waals surface area contributed by atoms with Crippen molar-refractivity contribution in [2.24, 2.45) is 0 Å². The van der Waals surface area contributed by atoms with Gasteiger partial charge < -0.3 is 30.2 Å². The van der Waals surface area contributed by atoms with Crippen LogP contribution in [0.15, 0.2) is 0 Å². The fraction of sp³-hybridized carbons (Fsp3) is 0.857. The number of alkyl carbamates (subject to hydrolysis) is 2. The fourth-order valence-electron chi connectivity index (χ4n) is 2.19. The first-order valence-electron chi connectivity index (χ1n) is 10.4. The summed E-state index contributed by atoms with van der Waals surface area (Å²) in [7, 11) is 0. The quantitative estimate of drug-likeness (QED) is 0.292. The minimum atomic E-state index is -0.805. The smallest absolute Gasteiger partial charge is 0.408 e. The van der Waals surface area contributed by atoms with Crippen LogP contribution in [0.1, 0.15) is 75.2 Å². The van der Waals surface area contributed by atoms with Gasteiger partial charge in [-0.05, 0) is 81.7 Å². The molecule has 0 aliphatic rings. The van der Waals surface area contributed by atoms with Crippen molar-refractivity contribution in [3.05, 3.63) is 0 Å². The van der Waals surface area contributed by atoms with E-state index in [0.29, 0.717) is 32.5 Å². The van der Waals surface area contributed by atoms with Crippen LogP contribution >= 0.6 is 0 Å². The summed E-state index contributed by atoms with van der Waals surface area (Å²) < 4.78 is 15.8. The van der Waals surface area contributed by atoms with Gasteiger partial charge in [-0.2, -0.15) is 0 Å². The molecule has 0 radical (unpaired) electrons. The van der Waals surface area contributed by atoms with Crippen molar-refractivity contribution in [3.8, 4) is 0 Å². The highest BCUT2D eigenvalue weighted by atomic mass is 16.6. The van der Waals surface area contributed by atoms with Crippen molar-refractivity contribution in [2.75, 3.05) is 19.6 Å². The summed E-state index contributed by atoms with van der Waals surface area (Å²) in [5, 5.41) is 8.43. The summed E-state index contributed by atoms with van der Waals surface area (Å²) in [6.45, 7) is 17.6. The summed E-state index contributed by atoms with van der Waals surface area (Å²) in [6.07, 6.45) is -0.115. The summed E-state index contributed by atoms with van der Waals surface area (Å²) in [5.41, 5.74) is -1.85. The Morgan fingerprint density at radius 2 is 1.20 bits per heavy atom. The number of amides is 2. The molecule has 0 aliphatic carbocycles. The first-order chi connectivity index (χ1) is 13.5. The van der Waals surface area contributed by atoms with E-state index in [0.717, 1.165) is 0 Å². The van der Waals surface area contributed by atoms with E-state index in [2.05, 4.69) is 16.0 Å². The normalized spacial score (nSPS) is 13.2. The van der Waals surface area contributed by atoms with E-state index < -0.39 is 41.0 Å². The van der Waals surface area contributed by atoms with E-state index >= 15 is 0 Å². The molecule has 0 heterocycles. The lowest BCUT2D eigenvalue weighted by Gasteiger charge is -2.26. The lowest BCUT2D eigenvalue weighted by atomic mass is 10.1. The number of hydrogen-bond donors (Lipinski definition) is 3. The Balaban J connectivity index is 4.40. The first kappa shape index (κ1) is 28.0. The molecule has 176 valence electrons. The summed E-state index contributed by atoms with van der Waals surface area (Å²) in [6, 6.07) is -0.805. The van der Waals surface area contributed by atoms with Crippen LogP contribution in [0.25, 0.3) is 0 Å². The van der Waals surface area contributed by atoms with Gasteiger partial charge in [-0.15, -0.1) is 0 Å². The van der Waals surface area contributed by atoms with Gasteiger partial charge in [0.2, 0.25) is 0 Å². The molecule has 2 amide bonds. The Labute approximate surface area is 181 Å². The molecular weight excluding hydrogens is 390 g/mol. The number of carbonyl (C=O) groups is 3. The second-order valence-electron chi connectivity index (χ2n) is 10.1. The second kappa shape index (κ2) is 12.0. The molecule has 0 rings (SSSR count). The van der Waals surface area contributed by atoms with Gasteiger partial charge in [-0.3, -0.25) is 0 Å². The van der Waals surface area contributed by atoms with Crippen molar-refractivity contribution < 1.29 is 28.6 Å². The van der Waals surface area contributed by atoms with E-state index in [1.807, 2.05) is 0 Å². The average molecular weight is 432 g/mol. The predicted octanol–water partition coefficient (Wildman–Crippen LogP) is 3.12. The lowest BCUT2D eigenvalue weighted by Crippen LogP contribution is -2.46. The van der Waals surface area contributed by atoms with Crippen LogP contribution in [0.3, 0.4) is 0 Å². The highest BCUT2D eigenvalue weighted by Gasteiger charge is 2.28. The second-order valence-corrected chi connectivity index (χ2v) is 10.1. The largest absolute Gasteiger partial charge is 0.458 e. The zero-order valence-corrected chi connectivity index (χ0v) is 20.1. The third kappa shape index (κ3) is 16.9. The van der Waals surface area contributed by atoms with E-state index in [1.54, 1.807) is 62.3 Å². The number of carbonyl (C=O) groups excluding carboxylic acids is 3. The van der Waals surface area contributed by atoms with Crippen LogP contribution in [0.5, 0.6) is 0 Å². The Kier molecular flexibility index (Phi) is 11.2. The van der Waals surface area contributed by atoms with Crippen LogP contribution in [-0.2, 0) is 19.0 Å². The molecule has 9 heteroatoms. The number of nitrogens with one attached hydrogen (secondary N) is 3. The zero-order chi connectivity index (χ0) is 23.6. The minimum Gasteiger partial charge on any atom is -0.458 e. The molecule has 0 bridgehead atoms. The minimum absolute atomic E-state index is 0.390. The molecule has 0 saturated carbocycles. The van der Waals surface area contributed by atoms with Gasteiger partial charge in [0, 0.05) is 13.1 Å². The maximum atomic E-state index is 12.4. The molecule has 0 saturated heterocycles. The zero-order valence-electron chi connectivity index (χ0n) is 20.1.